The monoisotopic (exact) mass is 355 g/mol. The molecule has 23 heavy (non-hydrogen) atoms. The number of aliphatic hydroxyl groups is 1. The van der Waals surface area contributed by atoms with Gasteiger partial charge in [0.1, 0.15) is 0 Å². The van der Waals surface area contributed by atoms with Crippen LogP contribution in [0.4, 0.5) is 0 Å². The highest BCUT2D eigenvalue weighted by molar-refractivity contribution is 7.89. The number of hydrogen-bond donors (Lipinski definition) is 1. The second kappa shape index (κ2) is 6.35. The zero-order chi connectivity index (χ0) is 16.6. The Morgan fingerprint density at radius 3 is 2.78 bits per heavy atom. The predicted molar refractivity (Wildman–Crippen MR) is 89.0 cm³/mol. The van der Waals surface area contributed by atoms with Crippen LogP contribution in [-0.4, -0.2) is 47.1 Å². The van der Waals surface area contributed by atoms with Crippen LogP contribution >= 0.6 is 11.3 Å². The van der Waals surface area contributed by atoms with Crippen molar-refractivity contribution in [1.29, 1.82) is 0 Å². The summed E-state index contributed by atoms with van der Waals surface area (Å²) < 4.78 is 28.9. The van der Waals surface area contributed by atoms with Gasteiger partial charge in [0.15, 0.2) is 5.03 Å². The fourth-order valence-corrected chi connectivity index (χ4v) is 5.11. The normalized spacial score (nSPS) is 23.0. The Balaban J connectivity index is 1.86. The number of hydrogen-bond acceptors (Lipinski definition) is 5. The van der Waals surface area contributed by atoms with Gasteiger partial charge in [0.25, 0.3) is 10.0 Å². The third kappa shape index (κ3) is 3.08. The maximum atomic E-state index is 12.8. The highest BCUT2D eigenvalue weighted by Gasteiger charge is 2.40. The lowest BCUT2D eigenvalue weighted by atomic mass is 9.92. The molecule has 2 aromatic heterocycles. The van der Waals surface area contributed by atoms with Crippen LogP contribution in [0.5, 0.6) is 0 Å². The molecular formula is C15H21N3O3S2. The first-order valence-corrected chi connectivity index (χ1v) is 9.98. The van der Waals surface area contributed by atoms with Crippen LogP contribution in [0, 0.1) is 5.92 Å². The molecule has 2 atom stereocenters. The first kappa shape index (κ1) is 16.6. The van der Waals surface area contributed by atoms with Gasteiger partial charge < -0.3 is 9.67 Å². The van der Waals surface area contributed by atoms with Crippen LogP contribution in [0.1, 0.15) is 31.4 Å². The lowest BCUT2D eigenvalue weighted by Gasteiger charge is -2.14. The van der Waals surface area contributed by atoms with Gasteiger partial charge in [0.2, 0.25) is 0 Å². The van der Waals surface area contributed by atoms with Crippen molar-refractivity contribution in [2.45, 2.75) is 30.8 Å². The predicted octanol–water partition coefficient (Wildman–Crippen LogP) is 1.92. The van der Waals surface area contributed by atoms with Gasteiger partial charge in [0, 0.05) is 43.8 Å². The molecule has 0 aromatic carbocycles. The molecule has 0 amide bonds. The number of nitrogens with zero attached hydrogens (tertiary/aromatic N) is 3. The van der Waals surface area contributed by atoms with Gasteiger partial charge in [-0.05, 0) is 36.2 Å². The van der Waals surface area contributed by atoms with Crippen molar-refractivity contribution < 1.29 is 13.5 Å². The van der Waals surface area contributed by atoms with Crippen molar-refractivity contribution in [1.82, 2.24) is 13.9 Å². The van der Waals surface area contributed by atoms with Gasteiger partial charge in [0.05, 0.1) is 6.33 Å². The maximum absolute atomic E-state index is 12.8. The molecule has 126 valence electrons. The molecule has 0 unspecified atom stereocenters. The van der Waals surface area contributed by atoms with Gasteiger partial charge >= 0.3 is 0 Å². The minimum Gasteiger partial charge on any atom is -0.396 e. The molecule has 0 spiro atoms. The van der Waals surface area contributed by atoms with Crippen molar-refractivity contribution in [2.75, 3.05) is 19.7 Å². The number of aliphatic hydroxyl groups excluding tert-OH is 1. The number of thiophene rings is 1. The standard InChI is InChI=1S/C15H21N3O3S2/c1-11(2)17-7-15(16-10-17)23(20,21)18-5-13(8-19)14(6-18)12-3-4-22-9-12/h3-4,7,9-11,13-14,19H,5-6,8H2,1-2H3/t13-,14+/m1/s1. The minimum atomic E-state index is -3.62. The Hall–Kier alpha value is -1.22. The number of aromatic nitrogens is 2. The largest absolute Gasteiger partial charge is 0.396 e. The molecule has 1 fully saturated rings. The highest BCUT2D eigenvalue weighted by Crippen LogP contribution is 2.36. The summed E-state index contributed by atoms with van der Waals surface area (Å²) in [6.45, 7) is 4.64. The Morgan fingerprint density at radius 1 is 1.43 bits per heavy atom. The highest BCUT2D eigenvalue weighted by atomic mass is 32.2. The SMILES string of the molecule is CC(C)n1cnc(S(=O)(=O)N2C[C@H](CO)[C@H](c3ccsc3)C2)c1. The van der Waals surface area contributed by atoms with Crippen molar-refractivity contribution in [3.63, 3.8) is 0 Å². The molecule has 0 aliphatic carbocycles. The first-order valence-electron chi connectivity index (χ1n) is 7.60. The molecule has 2 aromatic rings. The third-order valence-electron chi connectivity index (χ3n) is 4.39. The molecule has 3 heterocycles. The van der Waals surface area contributed by atoms with Crippen LogP contribution in [0.15, 0.2) is 34.4 Å². The molecule has 6 nitrogen and oxygen atoms in total. The Bertz CT molecular complexity index is 753. The van der Waals surface area contributed by atoms with E-state index in [1.165, 1.54) is 4.31 Å². The third-order valence-corrected chi connectivity index (χ3v) is 6.81. The zero-order valence-electron chi connectivity index (χ0n) is 13.2. The Kier molecular flexibility index (Phi) is 4.59. The second-order valence-electron chi connectivity index (χ2n) is 6.18. The van der Waals surface area contributed by atoms with Gasteiger partial charge in [-0.1, -0.05) is 0 Å². The van der Waals surface area contributed by atoms with Gasteiger partial charge in [-0.25, -0.2) is 13.4 Å². The van der Waals surface area contributed by atoms with E-state index in [4.69, 9.17) is 0 Å². The van der Waals surface area contributed by atoms with E-state index >= 15 is 0 Å². The van der Waals surface area contributed by atoms with E-state index in [1.807, 2.05) is 30.7 Å². The topological polar surface area (TPSA) is 75.4 Å². The summed E-state index contributed by atoms with van der Waals surface area (Å²) in [7, 11) is -3.62. The smallest absolute Gasteiger partial charge is 0.262 e. The van der Waals surface area contributed by atoms with Crippen LogP contribution in [0.25, 0.3) is 0 Å². The summed E-state index contributed by atoms with van der Waals surface area (Å²) in [5, 5.41) is 13.7. The van der Waals surface area contributed by atoms with Crippen molar-refractivity contribution >= 4 is 21.4 Å². The molecule has 0 bridgehead atoms. The molecule has 1 aliphatic rings. The number of sulfonamides is 1. The fraction of sp³-hybridized carbons (Fsp3) is 0.533. The summed E-state index contributed by atoms with van der Waals surface area (Å²) in [4.78, 5) is 4.07. The second-order valence-corrected chi connectivity index (χ2v) is 8.85. The lowest BCUT2D eigenvalue weighted by Crippen LogP contribution is -2.29. The van der Waals surface area contributed by atoms with Crippen LogP contribution < -0.4 is 0 Å². The molecular weight excluding hydrogens is 334 g/mol. The first-order chi connectivity index (χ1) is 10.9. The maximum Gasteiger partial charge on any atom is 0.262 e. The van der Waals surface area contributed by atoms with Gasteiger partial charge in [-0.15, -0.1) is 0 Å². The fourth-order valence-electron chi connectivity index (χ4n) is 2.94. The molecule has 8 heteroatoms. The molecule has 1 N–H and O–H groups in total. The Morgan fingerprint density at radius 2 is 2.22 bits per heavy atom. The quantitative estimate of drug-likeness (QED) is 0.889. The van der Waals surface area contributed by atoms with E-state index in [0.717, 1.165) is 5.56 Å². The summed E-state index contributed by atoms with van der Waals surface area (Å²) in [6, 6.07) is 2.16. The van der Waals surface area contributed by atoms with E-state index in [1.54, 1.807) is 28.4 Å². The number of imidazole rings is 1. The molecule has 0 radical (unpaired) electrons. The van der Waals surface area contributed by atoms with E-state index < -0.39 is 10.0 Å². The van der Waals surface area contributed by atoms with Gasteiger partial charge in [-0.2, -0.15) is 15.6 Å². The van der Waals surface area contributed by atoms with Crippen molar-refractivity contribution in [3.8, 4) is 0 Å². The summed E-state index contributed by atoms with van der Waals surface area (Å²) in [5.41, 5.74) is 1.10. The zero-order valence-corrected chi connectivity index (χ0v) is 14.8. The van der Waals surface area contributed by atoms with E-state index in [-0.39, 0.29) is 29.5 Å². The summed E-state index contributed by atoms with van der Waals surface area (Å²) >= 11 is 1.59. The van der Waals surface area contributed by atoms with Crippen molar-refractivity contribution in [2.24, 2.45) is 5.92 Å². The Labute approximate surface area is 140 Å². The van der Waals surface area contributed by atoms with Crippen molar-refractivity contribution in [3.05, 3.63) is 34.9 Å². The van der Waals surface area contributed by atoms with Crippen LogP contribution in [-0.2, 0) is 10.0 Å². The number of rotatable bonds is 5. The molecule has 3 rings (SSSR count). The van der Waals surface area contributed by atoms with E-state index in [0.29, 0.717) is 13.1 Å². The average Bonchev–Trinajstić information content (AvgIpc) is 3.25. The molecule has 1 aliphatic heterocycles. The summed E-state index contributed by atoms with van der Waals surface area (Å²) in [6.07, 6.45) is 3.12. The minimum absolute atomic E-state index is 0.0209. The van der Waals surface area contributed by atoms with Crippen LogP contribution in [0.3, 0.4) is 0 Å². The molecule has 0 saturated carbocycles. The summed E-state index contributed by atoms with van der Waals surface area (Å²) in [5.74, 6) is -0.0419. The average molecular weight is 355 g/mol. The van der Waals surface area contributed by atoms with Crippen LogP contribution in [0.2, 0.25) is 0 Å². The van der Waals surface area contributed by atoms with E-state index in [9.17, 15) is 13.5 Å². The molecule has 1 saturated heterocycles. The lowest BCUT2D eigenvalue weighted by molar-refractivity contribution is 0.223. The van der Waals surface area contributed by atoms with Gasteiger partial charge in [-0.3, -0.25) is 0 Å². The van der Waals surface area contributed by atoms with E-state index in [2.05, 4.69) is 4.98 Å².